The summed E-state index contributed by atoms with van der Waals surface area (Å²) in [7, 11) is 0. The third-order valence-corrected chi connectivity index (χ3v) is 2.86. The highest BCUT2D eigenvalue weighted by atomic mass is 35.5. The van der Waals surface area contributed by atoms with Crippen LogP contribution in [-0.2, 0) is 0 Å². The van der Waals surface area contributed by atoms with Gasteiger partial charge in [-0.2, -0.15) is 0 Å². The summed E-state index contributed by atoms with van der Waals surface area (Å²) in [5.74, 6) is 4.27. The normalized spacial score (nSPS) is 9.60. The predicted octanol–water partition coefficient (Wildman–Crippen LogP) is 2.70. The zero-order valence-corrected chi connectivity index (χ0v) is 9.87. The van der Waals surface area contributed by atoms with Crippen LogP contribution in [0.5, 0.6) is 0 Å². The molecule has 2 nitrogen and oxygen atoms in total. The van der Waals surface area contributed by atoms with Gasteiger partial charge in [0.25, 0.3) is 0 Å². The number of nitrogens with one attached hydrogen (secondary N) is 1. The minimum absolute atomic E-state index is 0.683. The largest absolute Gasteiger partial charge is 0.397 e. The van der Waals surface area contributed by atoms with E-state index in [4.69, 9.17) is 23.8 Å². The number of nitrogens with two attached hydrogens (primary N) is 1. The van der Waals surface area contributed by atoms with Crippen molar-refractivity contribution in [3.8, 4) is 12.3 Å². The standard InChI is InChI=1S/C11H13ClN2S/c1-2-6-15-7-5-14-11-8-9(12)3-4-10(11)13/h1,3-4,8,14H,5-7,13H2. The van der Waals surface area contributed by atoms with E-state index >= 15 is 0 Å². The lowest BCUT2D eigenvalue weighted by atomic mass is 10.3. The van der Waals surface area contributed by atoms with E-state index in [1.807, 2.05) is 6.07 Å². The summed E-state index contributed by atoms with van der Waals surface area (Å²) in [5, 5.41) is 3.90. The SMILES string of the molecule is C#CCSCCNc1cc(Cl)ccc1N. The van der Waals surface area contributed by atoms with Gasteiger partial charge in [0.2, 0.25) is 0 Å². The maximum absolute atomic E-state index is 5.85. The lowest BCUT2D eigenvalue weighted by Crippen LogP contribution is -2.06. The summed E-state index contributed by atoms with van der Waals surface area (Å²) in [6.45, 7) is 0.830. The molecule has 15 heavy (non-hydrogen) atoms. The van der Waals surface area contributed by atoms with E-state index in [-0.39, 0.29) is 0 Å². The first-order chi connectivity index (χ1) is 7.24. The van der Waals surface area contributed by atoms with Gasteiger partial charge in [-0.3, -0.25) is 0 Å². The monoisotopic (exact) mass is 240 g/mol. The number of hydrogen-bond acceptors (Lipinski definition) is 3. The average Bonchev–Trinajstić information content (AvgIpc) is 2.23. The zero-order chi connectivity index (χ0) is 11.1. The number of benzene rings is 1. The molecule has 4 heteroatoms. The van der Waals surface area contributed by atoms with E-state index in [0.29, 0.717) is 10.7 Å². The Hall–Kier alpha value is -0.980. The van der Waals surface area contributed by atoms with Crippen molar-refractivity contribution in [1.82, 2.24) is 0 Å². The summed E-state index contributed by atoms with van der Waals surface area (Å²) >= 11 is 7.56. The van der Waals surface area contributed by atoms with Gasteiger partial charge in [-0.15, -0.1) is 18.2 Å². The number of terminal acetylenes is 1. The molecule has 0 aliphatic rings. The lowest BCUT2D eigenvalue weighted by molar-refractivity contribution is 1.23. The van der Waals surface area contributed by atoms with Crippen molar-refractivity contribution in [3.05, 3.63) is 23.2 Å². The first kappa shape index (κ1) is 12.1. The van der Waals surface area contributed by atoms with Crippen LogP contribution < -0.4 is 11.1 Å². The van der Waals surface area contributed by atoms with Gasteiger partial charge < -0.3 is 11.1 Å². The first-order valence-electron chi connectivity index (χ1n) is 4.54. The Morgan fingerprint density at radius 2 is 2.33 bits per heavy atom. The van der Waals surface area contributed by atoms with Gasteiger partial charge in [0.05, 0.1) is 17.1 Å². The topological polar surface area (TPSA) is 38.0 Å². The maximum Gasteiger partial charge on any atom is 0.0589 e. The Morgan fingerprint density at radius 1 is 1.53 bits per heavy atom. The Kier molecular flexibility index (Phi) is 5.23. The van der Waals surface area contributed by atoms with Crippen LogP contribution in [0.3, 0.4) is 0 Å². The molecule has 1 aromatic rings. The number of nitrogen functional groups attached to an aromatic ring is 1. The number of hydrogen-bond donors (Lipinski definition) is 2. The zero-order valence-electron chi connectivity index (χ0n) is 8.29. The van der Waals surface area contributed by atoms with Crippen LogP contribution in [0.15, 0.2) is 18.2 Å². The molecule has 1 aromatic carbocycles. The fourth-order valence-corrected chi connectivity index (χ4v) is 1.75. The molecule has 0 bridgehead atoms. The van der Waals surface area contributed by atoms with E-state index in [2.05, 4.69) is 11.2 Å². The number of anilines is 2. The van der Waals surface area contributed by atoms with E-state index in [0.717, 1.165) is 23.7 Å². The molecule has 0 heterocycles. The van der Waals surface area contributed by atoms with E-state index < -0.39 is 0 Å². The third kappa shape index (κ3) is 4.37. The van der Waals surface area contributed by atoms with Crippen molar-refractivity contribution >= 4 is 34.7 Å². The Morgan fingerprint density at radius 3 is 3.07 bits per heavy atom. The van der Waals surface area contributed by atoms with Gasteiger partial charge in [-0.05, 0) is 18.2 Å². The minimum atomic E-state index is 0.683. The van der Waals surface area contributed by atoms with Gasteiger partial charge in [0.1, 0.15) is 0 Å². The molecule has 0 unspecified atom stereocenters. The highest BCUT2D eigenvalue weighted by Crippen LogP contribution is 2.22. The molecule has 1 rings (SSSR count). The molecule has 0 aliphatic carbocycles. The summed E-state index contributed by atoms with van der Waals surface area (Å²) in [6, 6.07) is 5.39. The number of thioether (sulfide) groups is 1. The maximum atomic E-state index is 5.85. The molecule has 80 valence electrons. The van der Waals surface area contributed by atoms with Gasteiger partial charge in [-0.1, -0.05) is 17.5 Å². The quantitative estimate of drug-likeness (QED) is 0.472. The summed E-state index contributed by atoms with van der Waals surface area (Å²) in [6.07, 6.45) is 5.14. The van der Waals surface area contributed by atoms with Crippen molar-refractivity contribution in [2.45, 2.75) is 0 Å². The average molecular weight is 241 g/mol. The second-order valence-electron chi connectivity index (χ2n) is 2.92. The molecule has 0 saturated heterocycles. The van der Waals surface area contributed by atoms with Crippen molar-refractivity contribution in [3.63, 3.8) is 0 Å². The van der Waals surface area contributed by atoms with E-state index in [1.54, 1.807) is 23.9 Å². The molecule has 0 atom stereocenters. The lowest BCUT2D eigenvalue weighted by Gasteiger charge is -2.08. The molecule has 0 fully saturated rings. The molecular formula is C11H13ClN2S. The van der Waals surface area contributed by atoms with Crippen molar-refractivity contribution in [2.24, 2.45) is 0 Å². The van der Waals surface area contributed by atoms with Crippen LogP contribution in [0.4, 0.5) is 11.4 Å². The van der Waals surface area contributed by atoms with Gasteiger partial charge in [-0.25, -0.2) is 0 Å². The minimum Gasteiger partial charge on any atom is -0.397 e. The van der Waals surface area contributed by atoms with Gasteiger partial charge in [0, 0.05) is 17.3 Å². The van der Waals surface area contributed by atoms with Gasteiger partial charge >= 0.3 is 0 Å². The Balaban J connectivity index is 2.37. The van der Waals surface area contributed by atoms with E-state index in [9.17, 15) is 0 Å². The van der Waals surface area contributed by atoms with E-state index in [1.165, 1.54) is 0 Å². The van der Waals surface area contributed by atoms with Crippen LogP contribution in [0, 0.1) is 12.3 Å². The predicted molar refractivity (Wildman–Crippen MR) is 70.5 cm³/mol. The Labute approximate surface area is 99.6 Å². The smallest absolute Gasteiger partial charge is 0.0589 e. The molecule has 0 radical (unpaired) electrons. The second-order valence-corrected chi connectivity index (χ2v) is 4.46. The summed E-state index contributed by atoms with van der Waals surface area (Å²) < 4.78 is 0. The molecular weight excluding hydrogens is 228 g/mol. The summed E-state index contributed by atoms with van der Waals surface area (Å²) in [4.78, 5) is 0. The molecule has 0 aliphatic heterocycles. The molecule has 0 saturated carbocycles. The van der Waals surface area contributed by atoms with Crippen molar-refractivity contribution < 1.29 is 0 Å². The van der Waals surface area contributed by atoms with Crippen LogP contribution in [0.2, 0.25) is 5.02 Å². The fraction of sp³-hybridized carbons (Fsp3) is 0.273. The van der Waals surface area contributed by atoms with Crippen LogP contribution in [0.25, 0.3) is 0 Å². The number of halogens is 1. The summed E-state index contributed by atoms with van der Waals surface area (Å²) in [5.41, 5.74) is 7.36. The Bertz CT molecular complexity index is 360. The third-order valence-electron chi connectivity index (χ3n) is 1.76. The molecule has 0 spiro atoms. The molecule has 0 aromatic heterocycles. The van der Waals surface area contributed by atoms with Crippen molar-refractivity contribution in [1.29, 1.82) is 0 Å². The highest BCUT2D eigenvalue weighted by molar-refractivity contribution is 7.99. The van der Waals surface area contributed by atoms with Gasteiger partial charge in [0.15, 0.2) is 0 Å². The van der Waals surface area contributed by atoms with Crippen LogP contribution in [0.1, 0.15) is 0 Å². The van der Waals surface area contributed by atoms with Crippen LogP contribution >= 0.6 is 23.4 Å². The number of rotatable bonds is 5. The second kappa shape index (κ2) is 6.49. The molecule has 0 amide bonds. The highest BCUT2D eigenvalue weighted by Gasteiger charge is 1.98. The fourth-order valence-electron chi connectivity index (χ4n) is 1.07. The van der Waals surface area contributed by atoms with Crippen LogP contribution in [-0.4, -0.2) is 18.1 Å². The first-order valence-corrected chi connectivity index (χ1v) is 6.07. The molecule has 3 N–H and O–H groups in total. The van der Waals surface area contributed by atoms with Crippen molar-refractivity contribution in [2.75, 3.05) is 29.1 Å².